The number of benzene rings is 1. The number of alkyl halides is 3. The van der Waals surface area contributed by atoms with Crippen molar-refractivity contribution in [1.82, 2.24) is 15.2 Å². The average Bonchev–Trinajstić information content (AvgIpc) is 3.07. The van der Waals surface area contributed by atoms with Crippen molar-refractivity contribution in [1.29, 1.82) is 0 Å². The summed E-state index contributed by atoms with van der Waals surface area (Å²) in [6, 6.07) is 7.29. The van der Waals surface area contributed by atoms with E-state index in [0.29, 0.717) is 17.0 Å². The van der Waals surface area contributed by atoms with Crippen LogP contribution in [-0.4, -0.2) is 33.9 Å². The zero-order chi connectivity index (χ0) is 20.0. The first-order chi connectivity index (χ1) is 12.6. The van der Waals surface area contributed by atoms with Gasteiger partial charge >= 0.3 is 6.18 Å². The molecule has 2 amide bonds. The Balaban J connectivity index is 1.91. The number of ether oxygens (including phenoxy) is 1. The molecule has 0 aliphatic carbocycles. The van der Waals surface area contributed by atoms with Gasteiger partial charge in [0.2, 0.25) is 0 Å². The van der Waals surface area contributed by atoms with Crippen LogP contribution in [0.5, 0.6) is 5.75 Å². The summed E-state index contributed by atoms with van der Waals surface area (Å²) < 4.78 is 43.4. The van der Waals surface area contributed by atoms with E-state index in [9.17, 15) is 22.8 Å². The molecule has 0 saturated heterocycles. The summed E-state index contributed by atoms with van der Waals surface area (Å²) in [5.74, 6) is -0.791. The standard InChI is InChI=1S/C16H16F3N5O3/c1-10(11-2-4-12(5-3-11)27-9-14(20)25)21-22-15(26)8-24-7-6-13(23-24)16(17,18)19/h2-7H,8-9H2,1H3,(H2,20,25)(H,22,26). The number of halogens is 3. The van der Waals surface area contributed by atoms with Crippen LogP contribution < -0.4 is 15.9 Å². The van der Waals surface area contributed by atoms with E-state index in [0.717, 1.165) is 16.9 Å². The van der Waals surface area contributed by atoms with Crippen LogP contribution >= 0.6 is 0 Å². The lowest BCUT2D eigenvalue weighted by molar-refractivity contribution is -0.141. The maximum atomic E-state index is 12.5. The van der Waals surface area contributed by atoms with E-state index >= 15 is 0 Å². The molecule has 1 aromatic heterocycles. The summed E-state index contributed by atoms with van der Waals surface area (Å²) in [7, 11) is 0. The number of carbonyl (C=O) groups excluding carboxylic acids is 2. The van der Waals surface area contributed by atoms with Crippen LogP contribution in [0.3, 0.4) is 0 Å². The SMILES string of the molecule is CC(=NNC(=O)Cn1ccc(C(F)(F)F)n1)c1ccc(OCC(N)=O)cc1. The van der Waals surface area contributed by atoms with Crippen molar-refractivity contribution in [3.63, 3.8) is 0 Å². The molecule has 1 aromatic carbocycles. The maximum Gasteiger partial charge on any atom is 0.435 e. The molecule has 0 bridgehead atoms. The third-order valence-corrected chi connectivity index (χ3v) is 3.24. The van der Waals surface area contributed by atoms with E-state index < -0.39 is 30.2 Å². The van der Waals surface area contributed by atoms with E-state index in [1.54, 1.807) is 31.2 Å². The summed E-state index contributed by atoms with van der Waals surface area (Å²) in [5.41, 5.74) is 7.28. The minimum absolute atomic E-state index is 0.244. The van der Waals surface area contributed by atoms with Crippen molar-refractivity contribution in [3.05, 3.63) is 47.8 Å². The van der Waals surface area contributed by atoms with E-state index in [1.807, 2.05) is 0 Å². The Hall–Kier alpha value is -3.37. The number of nitrogens with two attached hydrogens (primary N) is 1. The minimum atomic E-state index is -4.57. The van der Waals surface area contributed by atoms with Gasteiger partial charge in [0, 0.05) is 6.20 Å². The first-order valence-electron chi connectivity index (χ1n) is 7.60. The largest absolute Gasteiger partial charge is 0.484 e. The molecule has 0 radical (unpaired) electrons. The average molecular weight is 383 g/mol. The van der Waals surface area contributed by atoms with Crippen LogP contribution in [0.15, 0.2) is 41.6 Å². The number of hydrogen-bond acceptors (Lipinski definition) is 5. The molecule has 8 nitrogen and oxygen atoms in total. The van der Waals surface area contributed by atoms with Crippen molar-refractivity contribution in [2.45, 2.75) is 19.6 Å². The third kappa shape index (κ3) is 6.13. The Morgan fingerprint density at radius 3 is 2.48 bits per heavy atom. The normalized spacial score (nSPS) is 11.9. The number of aromatic nitrogens is 2. The number of carbonyl (C=O) groups is 2. The fourth-order valence-corrected chi connectivity index (χ4v) is 1.94. The molecular formula is C16H16F3N5O3. The molecule has 3 N–H and O–H groups in total. The van der Waals surface area contributed by atoms with E-state index in [-0.39, 0.29) is 6.61 Å². The Kier molecular flexibility index (Phi) is 6.16. The topological polar surface area (TPSA) is 112 Å². The molecule has 2 aromatic rings. The van der Waals surface area contributed by atoms with Gasteiger partial charge in [-0.2, -0.15) is 23.4 Å². The van der Waals surface area contributed by atoms with E-state index in [1.165, 1.54) is 0 Å². The summed E-state index contributed by atoms with van der Waals surface area (Å²) >= 11 is 0. The number of nitrogens with zero attached hydrogens (tertiary/aromatic N) is 3. The van der Waals surface area contributed by atoms with Crippen molar-refractivity contribution in [2.24, 2.45) is 10.8 Å². The molecule has 0 aliphatic rings. The molecule has 0 unspecified atom stereocenters. The van der Waals surface area contributed by atoms with Gasteiger partial charge in [-0.05, 0) is 42.8 Å². The molecule has 1 heterocycles. The van der Waals surface area contributed by atoms with Gasteiger partial charge in [0.1, 0.15) is 12.3 Å². The number of hydrazone groups is 1. The van der Waals surface area contributed by atoms with Crippen molar-refractivity contribution >= 4 is 17.5 Å². The lowest BCUT2D eigenvalue weighted by Crippen LogP contribution is -2.24. The molecule has 0 fully saturated rings. The highest BCUT2D eigenvalue weighted by Crippen LogP contribution is 2.27. The predicted molar refractivity (Wildman–Crippen MR) is 88.7 cm³/mol. The highest BCUT2D eigenvalue weighted by atomic mass is 19.4. The number of hydrogen-bond donors (Lipinski definition) is 2. The molecule has 0 spiro atoms. The van der Waals surface area contributed by atoms with Gasteiger partial charge in [-0.25, -0.2) is 5.43 Å². The Bertz CT molecular complexity index is 844. The van der Waals surface area contributed by atoms with Gasteiger partial charge in [-0.15, -0.1) is 0 Å². The van der Waals surface area contributed by atoms with Crippen LogP contribution in [0.2, 0.25) is 0 Å². The molecule has 11 heteroatoms. The predicted octanol–water partition coefficient (Wildman–Crippen LogP) is 1.31. The Morgan fingerprint density at radius 1 is 1.26 bits per heavy atom. The Labute approximate surface area is 151 Å². The first-order valence-corrected chi connectivity index (χ1v) is 7.60. The molecule has 0 atom stereocenters. The second kappa shape index (κ2) is 8.34. The zero-order valence-corrected chi connectivity index (χ0v) is 14.2. The van der Waals surface area contributed by atoms with Crippen molar-refractivity contribution < 1.29 is 27.5 Å². The van der Waals surface area contributed by atoms with Crippen LogP contribution in [0.25, 0.3) is 0 Å². The molecule has 144 valence electrons. The number of primary amides is 1. The fraction of sp³-hybridized carbons (Fsp3) is 0.250. The van der Waals surface area contributed by atoms with Crippen LogP contribution in [-0.2, 0) is 22.3 Å². The van der Waals surface area contributed by atoms with Gasteiger partial charge in [-0.3, -0.25) is 14.3 Å². The summed E-state index contributed by atoms with van der Waals surface area (Å²) in [5, 5.41) is 7.17. The number of rotatable bonds is 7. The van der Waals surface area contributed by atoms with Crippen LogP contribution in [0.1, 0.15) is 18.2 Å². The van der Waals surface area contributed by atoms with Gasteiger partial charge in [-0.1, -0.05) is 0 Å². The molecular weight excluding hydrogens is 367 g/mol. The molecule has 0 aliphatic heterocycles. The highest BCUT2D eigenvalue weighted by Gasteiger charge is 2.33. The second-order valence-corrected chi connectivity index (χ2v) is 5.41. The minimum Gasteiger partial charge on any atom is -0.484 e. The fourth-order valence-electron chi connectivity index (χ4n) is 1.94. The monoisotopic (exact) mass is 383 g/mol. The van der Waals surface area contributed by atoms with Gasteiger partial charge in [0.15, 0.2) is 12.3 Å². The highest BCUT2D eigenvalue weighted by molar-refractivity contribution is 5.99. The summed E-state index contributed by atoms with van der Waals surface area (Å²) in [4.78, 5) is 22.4. The van der Waals surface area contributed by atoms with Crippen LogP contribution in [0.4, 0.5) is 13.2 Å². The lowest BCUT2D eigenvalue weighted by Gasteiger charge is -2.06. The summed E-state index contributed by atoms with van der Waals surface area (Å²) in [6.07, 6.45) is -3.51. The van der Waals surface area contributed by atoms with E-state index in [2.05, 4.69) is 15.6 Å². The smallest absolute Gasteiger partial charge is 0.435 e. The zero-order valence-electron chi connectivity index (χ0n) is 14.2. The first kappa shape index (κ1) is 19.9. The number of amides is 2. The lowest BCUT2D eigenvalue weighted by atomic mass is 10.1. The summed E-state index contributed by atoms with van der Waals surface area (Å²) in [6.45, 7) is 0.980. The molecule has 0 saturated carbocycles. The number of nitrogens with one attached hydrogen (secondary N) is 1. The van der Waals surface area contributed by atoms with E-state index in [4.69, 9.17) is 10.5 Å². The quantitative estimate of drug-likeness (QED) is 0.554. The van der Waals surface area contributed by atoms with Crippen LogP contribution in [0, 0.1) is 0 Å². The van der Waals surface area contributed by atoms with Crippen molar-refractivity contribution in [3.8, 4) is 5.75 Å². The second-order valence-electron chi connectivity index (χ2n) is 5.41. The molecule has 2 rings (SSSR count). The maximum absolute atomic E-state index is 12.5. The molecule has 27 heavy (non-hydrogen) atoms. The Morgan fingerprint density at radius 2 is 1.93 bits per heavy atom. The van der Waals surface area contributed by atoms with Gasteiger partial charge < -0.3 is 10.5 Å². The van der Waals surface area contributed by atoms with Gasteiger partial charge in [0.25, 0.3) is 11.8 Å². The van der Waals surface area contributed by atoms with Gasteiger partial charge in [0.05, 0.1) is 5.71 Å². The van der Waals surface area contributed by atoms with Crippen molar-refractivity contribution in [2.75, 3.05) is 6.61 Å². The third-order valence-electron chi connectivity index (χ3n) is 3.24.